The quantitative estimate of drug-likeness (QED) is 0.910. The van der Waals surface area contributed by atoms with Crippen LogP contribution in [0.15, 0.2) is 18.2 Å². The number of anilines is 1. The van der Waals surface area contributed by atoms with Crippen LogP contribution < -0.4 is 10.6 Å². The smallest absolute Gasteiger partial charge is 0.0471 e. The van der Waals surface area contributed by atoms with E-state index in [0.717, 1.165) is 28.3 Å². The minimum atomic E-state index is 0.509. The summed E-state index contributed by atoms with van der Waals surface area (Å²) in [5.41, 5.74) is 7.89. The van der Waals surface area contributed by atoms with Crippen LogP contribution in [0.3, 0.4) is 0 Å². The number of hydrogen-bond acceptors (Lipinski definition) is 2. The van der Waals surface area contributed by atoms with Crippen LogP contribution in [0, 0.1) is 17.8 Å². The molecular formula is C16H23ClN2. The van der Waals surface area contributed by atoms with Gasteiger partial charge in [-0.2, -0.15) is 0 Å². The second-order valence-corrected chi connectivity index (χ2v) is 6.70. The van der Waals surface area contributed by atoms with Crippen molar-refractivity contribution in [2.75, 3.05) is 18.5 Å². The summed E-state index contributed by atoms with van der Waals surface area (Å²) >= 11 is 6.25. The summed E-state index contributed by atoms with van der Waals surface area (Å²) < 4.78 is 0. The van der Waals surface area contributed by atoms with Gasteiger partial charge in [0.2, 0.25) is 0 Å². The highest BCUT2D eigenvalue weighted by Crippen LogP contribution is 2.48. The number of rotatable bonds is 4. The standard InChI is InChI=1S/C16H23ClN2/c1-19(10-14-7-11-2-3-12(14)6-11)15-5-4-13(9-18)16(17)8-15/h4-5,8,11-12,14H,2-3,6-7,9-10,18H2,1H3. The average Bonchev–Trinajstić information content (AvgIpc) is 3.00. The van der Waals surface area contributed by atoms with Crippen LogP contribution in [0.25, 0.3) is 0 Å². The Labute approximate surface area is 120 Å². The maximum Gasteiger partial charge on any atom is 0.0471 e. The molecule has 0 spiro atoms. The number of nitrogens with zero attached hydrogens (tertiary/aromatic N) is 1. The van der Waals surface area contributed by atoms with Gasteiger partial charge in [0.15, 0.2) is 0 Å². The van der Waals surface area contributed by atoms with Crippen molar-refractivity contribution in [2.24, 2.45) is 23.5 Å². The molecule has 2 fully saturated rings. The van der Waals surface area contributed by atoms with E-state index < -0.39 is 0 Å². The van der Waals surface area contributed by atoms with Gasteiger partial charge in [-0.05, 0) is 54.7 Å². The zero-order chi connectivity index (χ0) is 13.4. The second-order valence-electron chi connectivity index (χ2n) is 6.30. The third kappa shape index (κ3) is 2.61. The van der Waals surface area contributed by atoms with Crippen molar-refractivity contribution in [1.82, 2.24) is 0 Å². The first-order valence-corrected chi connectivity index (χ1v) is 7.74. The molecule has 3 heteroatoms. The van der Waals surface area contributed by atoms with Gasteiger partial charge in [0.05, 0.1) is 0 Å². The normalized spacial score (nSPS) is 28.9. The molecule has 1 aromatic carbocycles. The molecule has 2 aliphatic carbocycles. The van der Waals surface area contributed by atoms with Crippen molar-refractivity contribution in [3.8, 4) is 0 Å². The van der Waals surface area contributed by atoms with Crippen LogP contribution in [0.5, 0.6) is 0 Å². The number of halogens is 1. The Balaban J connectivity index is 1.67. The van der Waals surface area contributed by atoms with E-state index in [9.17, 15) is 0 Å². The summed E-state index contributed by atoms with van der Waals surface area (Å²) in [6, 6.07) is 6.24. The Hall–Kier alpha value is -0.730. The molecule has 0 radical (unpaired) electrons. The molecule has 3 rings (SSSR count). The highest BCUT2D eigenvalue weighted by Gasteiger charge is 2.39. The van der Waals surface area contributed by atoms with Crippen LogP contribution >= 0.6 is 11.6 Å². The number of nitrogens with two attached hydrogens (primary N) is 1. The lowest BCUT2D eigenvalue weighted by Crippen LogP contribution is -2.28. The second kappa shape index (κ2) is 5.34. The minimum Gasteiger partial charge on any atom is -0.374 e. The van der Waals surface area contributed by atoms with E-state index in [0.29, 0.717) is 6.54 Å². The molecular weight excluding hydrogens is 256 g/mol. The van der Waals surface area contributed by atoms with Crippen LogP contribution in [0.1, 0.15) is 31.2 Å². The molecule has 0 amide bonds. The maximum atomic E-state index is 6.25. The Kier molecular flexibility index (Phi) is 3.72. The Morgan fingerprint density at radius 3 is 2.74 bits per heavy atom. The van der Waals surface area contributed by atoms with Gasteiger partial charge in [0, 0.05) is 30.8 Å². The number of benzene rings is 1. The Bertz CT molecular complexity index is 460. The van der Waals surface area contributed by atoms with E-state index in [-0.39, 0.29) is 0 Å². The van der Waals surface area contributed by atoms with Crippen LogP contribution in [-0.2, 0) is 6.54 Å². The topological polar surface area (TPSA) is 29.3 Å². The summed E-state index contributed by atoms with van der Waals surface area (Å²) in [5, 5.41) is 0.791. The van der Waals surface area contributed by atoms with Gasteiger partial charge in [0.1, 0.15) is 0 Å². The zero-order valence-corrected chi connectivity index (χ0v) is 12.4. The first-order valence-electron chi connectivity index (χ1n) is 7.37. The SMILES string of the molecule is CN(CC1CC2CCC1C2)c1ccc(CN)c(Cl)c1. The molecule has 2 nitrogen and oxygen atoms in total. The Morgan fingerprint density at radius 2 is 2.16 bits per heavy atom. The molecule has 2 bridgehead atoms. The van der Waals surface area contributed by atoms with Crippen molar-refractivity contribution >= 4 is 17.3 Å². The van der Waals surface area contributed by atoms with Gasteiger partial charge < -0.3 is 10.6 Å². The monoisotopic (exact) mass is 278 g/mol. The van der Waals surface area contributed by atoms with Crippen molar-refractivity contribution in [2.45, 2.75) is 32.2 Å². The lowest BCUT2D eigenvalue weighted by molar-refractivity contribution is 0.337. The first kappa shape index (κ1) is 13.3. The molecule has 0 aromatic heterocycles. The summed E-state index contributed by atoms with van der Waals surface area (Å²) in [6.45, 7) is 1.68. The van der Waals surface area contributed by atoms with Gasteiger partial charge >= 0.3 is 0 Å². The van der Waals surface area contributed by atoms with Gasteiger partial charge in [-0.3, -0.25) is 0 Å². The molecule has 19 heavy (non-hydrogen) atoms. The zero-order valence-electron chi connectivity index (χ0n) is 11.6. The van der Waals surface area contributed by atoms with Crippen LogP contribution in [0.2, 0.25) is 5.02 Å². The third-order valence-corrected chi connectivity index (χ3v) is 5.44. The average molecular weight is 279 g/mol. The van der Waals surface area contributed by atoms with Crippen molar-refractivity contribution in [1.29, 1.82) is 0 Å². The maximum absolute atomic E-state index is 6.25. The summed E-state index contributed by atoms with van der Waals surface area (Å²) in [4.78, 5) is 2.36. The molecule has 1 aromatic rings. The van der Waals surface area contributed by atoms with Crippen LogP contribution in [-0.4, -0.2) is 13.6 Å². The fraction of sp³-hybridized carbons (Fsp3) is 0.625. The van der Waals surface area contributed by atoms with Crippen LogP contribution in [0.4, 0.5) is 5.69 Å². The Morgan fingerprint density at radius 1 is 1.32 bits per heavy atom. The molecule has 2 saturated carbocycles. The third-order valence-electron chi connectivity index (χ3n) is 5.09. The molecule has 2 aliphatic rings. The summed E-state index contributed by atoms with van der Waals surface area (Å²) in [6.07, 6.45) is 5.84. The number of fused-ring (bicyclic) bond motifs is 2. The predicted octanol–water partition coefficient (Wildman–Crippen LogP) is 3.67. The lowest BCUT2D eigenvalue weighted by atomic mass is 9.88. The fourth-order valence-electron chi connectivity index (χ4n) is 4.00. The molecule has 0 heterocycles. The van der Waals surface area contributed by atoms with Gasteiger partial charge in [-0.15, -0.1) is 0 Å². The van der Waals surface area contributed by atoms with E-state index in [1.807, 2.05) is 0 Å². The van der Waals surface area contributed by atoms with E-state index in [1.54, 1.807) is 0 Å². The number of hydrogen-bond donors (Lipinski definition) is 1. The van der Waals surface area contributed by atoms with Crippen molar-refractivity contribution in [3.63, 3.8) is 0 Å². The summed E-state index contributed by atoms with van der Waals surface area (Å²) in [5.74, 6) is 2.88. The summed E-state index contributed by atoms with van der Waals surface area (Å²) in [7, 11) is 2.18. The minimum absolute atomic E-state index is 0.509. The van der Waals surface area contributed by atoms with Gasteiger partial charge in [-0.25, -0.2) is 0 Å². The lowest BCUT2D eigenvalue weighted by Gasteiger charge is -2.28. The largest absolute Gasteiger partial charge is 0.374 e. The molecule has 3 unspecified atom stereocenters. The molecule has 3 atom stereocenters. The molecule has 2 N–H and O–H groups in total. The van der Waals surface area contributed by atoms with Crippen molar-refractivity contribution in [3.05, 3.63) is 28.8 Å². The highest BCUT2D eigenvalue weighted by atomic mass is 35.5. The first-order chi connectivity index (χ1) is 9.17. The molecule has 0 aliphatic heterocycles. The van der Waals surface area contributed by atoms with E-state index >= 15 is 0 Å². The fourth-order valence-corrected chi connectivity index (χ4v) is 4.25. The highest BCUT2D eigenvalue weighted by molar-refractivity contribution is 6.31. The molecule has 104 valence electrons. The molecule has 0 saturated heterocycles. The van der Waals surface area contributed by atoms with Crippen molar-refractivity contribution < 1.29 is 0 Å². The van der Waals surface area contributed by atoms with Gasteiger partial charge in [-0.1, -0.05) is 24.1 Å². The van der Waals surface area contributed by atoms with Gasteiger partial charge in [0.25, 0.3) is 0 Å². The van der Waals surface area contributed by atoms with E-state index in [4.69, 9.17) is 17.3 Å². The van der Waals surface area contributed by atoms with E-state index in [2.05, 4.69) is 30.1 Å². The predicted molar refractivity (Wildman–Crippen MR) is 81.6 cm³/mol. The van der Waals surface area contributed by atoms with E-state index in [1.165, 1.54) is 37.9 Å².